The van der Waals surface area contributed by atoms with Gasteiger partial charge in [-0.05, 0) is 12.8 Å². The zero-order valence-corrected chi connectivity index (χ0v) is 8.26. The molecule has 4 heteroatoms. The van der Waals surface area contributed by atoms with Crippen LogP contribution in [-0.2, 0) is 0 Å². The Balaban J connectivity index is 1.88. The van der Waals surface area contributed by atoms with Crippen LogP contribution >= 0.6 is 11.8 Å². The normalized spacial score (nSPS) is 28.2. The van der Waals surface area contributed by atoms with Gasteiger partial charge in [0.1, 0.15) is 0 Å². The van der Waals surface area contributed by atoms with Gasteiger partial charge in [0.2, 0.25) is 0 Å². The summed E-state index contributed by atoms with van der Waals surface area (Å²) in [6, 6.07) is 0.750. The molecule has 2 fully saturated rings. The number of hydrogen-bond donors (Lipinski definition) is 1. The lowest BCUT2D eigenvalue weighted by atomic mass is 10.4. The highest BCUT2D eigenvalue weighted by atomic mass is 32.2. The van der Waals surface area contributed by atoms with Crippen molar-refractivity contribution in [3.8, 4) is 0 Å². The van der Waals surface area contributed by atoms with E-state index in [2.05, 4.69) is 14.9 Å². The maximum absolute atomic E-state index is 4.24. The van der Waals surface area contributed by atoms with E-state index >= 15 is 0 Å². The first-order valence-corrected chi connectivity index (χ1v) is 5.87. The Hall–Kier alpha value is -0.480. The molecule has 3 nitrogen and oxygen atoms in total. The van der Waals surface area contributed by atoms with E-state index < -0.39 is 0 Å². The zero-order valence-electron chi connectivity index (χ0n) is 7.44. The fraction of sp³-hybridized carbons (Fsp3) is 0.667. The number of aromatic nitrogens is 2. The predicted molar refractivity (Wildman–Crippen MR) is 53.7 cm³/mol. The van der Waals surface area contributed by atoms with Gasteiger partial charge in [-0.3, -0.25) is 5.32 Å². The van der Waals surface area contributed by atoms with E-state index in [1.807, 2.05) is 24.3 Å². The fourth-order valence-corrected chi connectivity index (χ4v) is 2.85. The molecule has 0 amide bonds. The van der Waals surface area contributed by atoms with Crippen molar-refractivity contribution in [1.29, 1.82) is 0 Å². The molecule has 0 spiro atoms. The molecule has 2 heterocycles. The molecule has 1 aliphatic carbocycles. The Morgan fingerprint density at radius 1 is 1.54 bits per heavy atom. The van der Waals surface area contributed by atoms with Gasteiger partial charge < -0.3 is 4.57 Å². The molecule has 0 aromatic carbocycles. The third-order valence-corrected chi connectivity index (χ3v) is 3.80. The molecule has 0 radical (unpaired) electrons. The quantitative estimate of drug-likeness (QED) is 0.776. The summed E-state index contributed by atoms with van der Waals surface area (Å²) in [5.74, 6) is 1.22. The van der Waals surface area contributed by atoms with E-state index in [0.29, 0.717) is 5.37 Å². The molecule has 1 aromatic heterocycles. The first kappa shape index (κ1) is 7.88. The highest BCUT2D eigenvalue weighted by molar-refractivity contribution is 7.99. The zero-order chi connectivity index (χ0) is 8.67. The average Bonchev–Trinajstić information content (AvgIpc) is 2.72. The summed E-state index contributed by atoms with van der Waals surface area (Å²) in [7, 11) is 0. The predicted octanol–water partition coefficient (Wildman–Crippen LogP) is 1.55. The van der Waals surface area contributed by atoms with Crippen LogP contribution in [-0.4, -0.2) is 21.8 Å². The minimum atomic E-state index is 0.489. The minimum Gasteiger partial charge on any atom is -0.329 e. The number of rotatable bonds is 2. The van der Waals surface area contributed by atoms with Crippen molar-refractivity contribution in [3.05, 3.63) is 18.2 Å². The molecule has 1 atom stereocenters. The molecule has 13 heavy (non-hydrogen) atoms. The Morgan fingerprint density at radius 3 is 3.15 bits per heavy atom. The van der Waals surface area contributed by atoms with Crippen LogP contribution < -0.4 is 5.32 Å². The van der Waals surface area contributed by atoms with Crippen molar-refractivity contribution in [3.63, 3.8) is 0 Å². The number of hydrogen-bond acceptors (Lipinski definition) is 3. The second-order valence-electron chi connectivity index (χ2n) is 3.66. The second-order valence-corrected chi connectivity index (χ2v) is 4.87. The van der Waals surface area contributed by atoms with Crippen LogP contribution in [0, 0.1) is 0 Å². The molecule has 1 N–H and O–H groups in total. The molecule has 1 aromatic rings. The van der Waals surface area contributed by atoms with E-state index in [-0.39, 0.29) is 0 Å². The van der Waals surface area contributed by atoms with Crippen molar-refractivity contribution in [2.24, 2.45) is 0 Å². The summed E-state index contributed by atoms with van der Waals surface area (Å²) < 4.78 is 2.34. The number of imidazole rings is 1. The van der Waals surface area contributed by atoms with Gasteiger partial charge >= 0.3 is 0 Å². The first-order valence-electron chi connectivity index (χ1n) is 4.82. The molecular formula is C9H13N3S. The molecular weight excluding hydrogens is 182 g/mol. The minimum absolute atomic E-state index is 0.489. The topological polar surface area (TPSA) is 29.9 Å². The summed E-state index contributed by atoms with van der Waals surface area (Å²) in [6.07, 6.45) is 6.66. The Labute approximate surface area is 81.9 Å². The monoisotopic (exact) mass is 195 g/mol. The molecule has 3 rings (SSSR count). The lowest BCUT2D eigenvalue weighted by Gasteiger charge is -2.12. The second kappa shape index (κ2) is 3.03. The smallest absolute Gasteiger partial charge is 0.0958 e. The van der Waals surface area contributed by atoms with Gasteiger partial charge in [-0.25, -0.2) is 4.98 Å². The summed E-state index contributed by atoms with van der Waals surface area (Å²) in [4.78, 5) is 4.24. The van der Waals surface area contributed by atoms with Crippen molar-refractivity contribution >= 4 is 11.8 Å². The van der Waals surface area contributed by atoms with E-state index in [4.69, 9.17) is 0 Å². The largest absolute Gasteiger partial charge is 0.329 e. The maximum Gasteiger partial charge on any atom is 0.0958 e. The van der Waals surface area contributed by atoms with Crippen LogP contribution in [0.2, 0.25) is 0 Å². The molecule has 1 saturated heterocycles. The van der Waals surface area contributed by atoms with Gasteiger partial charge in [0.25, 0.3) is 0 Å². The van der Waals surface area contributed by atoms with Gasteiger partial charge in [0.05, 0.1) is 23.6 Å². The molecule has 2 aliphatic rings. The maximum atomic E-state index is 4.24. The van der Waals surface area contributed by atoms with Crippen LogP contribution in [0.5, 0.6) is 0 Å². The highest BCUT2D eigenvalue weighted by Gasteiger charge is 2.29. The number of nitrogens with one attached hydrogen (secondary N) is 1. The average molecular weight is 195 g/mol. The Kier molecular flexibility index (Phi) is 1.84. The molecule has 1 saturated carbocycles. The summed E-state index contributed by atoms with van der Waals surface area (Å²) in [5, 5.41) is 3.97. The SMILES string of the molecule is c1ncn(C2CC2)c1C1NCCS1. The lowest BCUT2D eigenvalue weighted by molar-refractivity contribution is 0.643. The third kappa shape index (κ3) is 1.38. The van der Waals surface area contributed by atoms with Crippen molar-refractivity contribution in [2.75, 3.05) is 12.3 Å². The molecule has 70 valence electrons. The standard InChI is InChI=1S/C9H13N3S/c1-2-7(1)12-6-10-5-8(12)9-11-3-4-13-9/h5-7,9,11H,1-4H2. The van der Waals surface area contributed by atoms with Gasteiger partial charge in [-0.2, -0.15) is 0 Å². The molecule has 1 aliphatic heterocycles. The first-order chi connectivity index (χ1) is 6.45. The van der Waals surface area contributed by atoms with Crippen molar-refractivity contribution < 1.29 is 0 Å². The van der Waals surface area contributed by atoms with Crippen LogP contribution in [0.25, 0.3) is 0 Å². The van der Waals surface area contributed by atoms with Crippen molar-refractivity contribution in [1.82, 2.24) is 14.9 Å². The molecule has 0 bridgehead atoms. The van der Waals surface area contributed by atoms with Crippen LogP contribution in [0.1, 0.15) is 30.0 Å². The third-order valence-electron chi connectivity index (χ3n) is 2.62. The summed E-state index contributed by atoms with van der Waals surface area (Å²) in [6.45, 7) is 1.13. The van der Waals surface area contributed by atoms with Crippen LogP contribution in [0.4, 0.5) is 0 Å². The van der Waals surface area contributed by atoms with E-state index in [1.54, 1.807) is 0 Å². The summed E-state index contributed by atoms with van der Waals surface area (Å²) in [5.41, 5.74) is 1.37. The van der Waals surface area contributed by atoms with Crippen LogP contribution in [0.3, 0.4) is 0 Å². The fourth-order valence-electron chi connectivity index (χ4n) is 1.79. The highest BCUT2D eigenvalue weighted by Crippen LogP contribution is 2.39. The van der Waals surface area contributed by atoms with Crippen LogP contribution in [0.15, 0.2) is 12.5 Å². The molecule has 1 unspecified atom stereocenters. The Morgan fingerprint density at radius 2 is 2.46 bits per heavy atom. The van der Waals surface area contributed by atoms with Gasteiger partial charge in [-0.1, -0.05) is 0 Å². The van der Waals surface area contributed by atoms with Gasteiger partial charge in [0, 0.05) is 18.3 Å². The lowest BCUT2D eigenvalue weighted by Crippen LogP contribution is -2.15. The van der Waals surface area contributed by atoms with Gasteiger partial charge in [-0.15, -0.1) is 11.8 Å². The van der Waals surface area contributed by atoms with E-state index in [1.165, 1.54) is 24.3 Å². The van der Waals surface area contributed by atoms with Gasteiger partial charge in [0.15, 0.2) is 0 Å². The summed E-state index contributed by atoms with van der Waals surface area (Å²) >= 11 is 1.99. The Bertz CT molecular complexity index is 300. The number of thioether (sulfide) groups is 1. The van der Waals surface area contributed by atoms with E-state index in [0.717, 1.165) is 12.6 Å². The van der Waals surface area contributed by atoms with E-state index in [9.17, 15) is 0 Å². The van der Waals surface area contributed by atoms with Crippen molar-refractivity contribution in [2.45, 2.75) is 24.3 Å². The number of nitrogens with zero attached hydrogens (tertiary/aromatic N) is 2.